The number of benzene rings is 1. The highest BCUT2D eigenvalue weighted by Crippen LogP contribution is 2.34. The molecule has 0 bridgehead atoms. The minimum absolute atomic E-state index is 0.255. The first-order valence-corrected chi connectivity index (χ1v) is 6.96. The molecule has 0 amide bonds. The summed E-state index contributed by atoms with van der Waals surface area (Å²) in [6.45, 7) is 2.10. The van der Waals surface area contributed by atoms with Gasteiger partial charge in [-0.3, -0.25) is 0 Å². The Labute approximate surface area is 116 Å². The average molecular weight is 278 g/mol. The molecule has 0 fully saturated rings. The summed E-state index contributed by atoms with van der Waals surface area (Å²) >= 11 is 1.66. The largest absolute Gasteiger partial charge is 0.399 e. The van der Waals surface area contributed by atoms with Crippen molar-refractivity contribution in [2.24, 2.45) is 0 Å². The van der Waals surface area contributed by atoms with Crippen molar-refractivity contribution in [3.8, 4) is 10.4 Å². The zero-order chi connectivity index (χ0) is 13.8. The van der Waals surface area contributed by atoms with Crippen molar-refractivity contribution in [1.29, 1.82) is 0 Å². The third kappa shape index (κ3) is 3.47. The lowest BCUT2D eigenvalue weighted by Crippen LogP contribution is -2.23. The predicted molar refractivity (Wildman–Crippen MR) is 80.5 cm³/mol. The molecule has 0 saturated carbocycles. The second-order valence-corrected chi connectivity index (χ2v) is 5.42. The van der Waals surface area contributed by atoms with Gasteiger partial charge in [0.25, 0.3) is 0 Å². The van der Waals surface area contributed by atoms with E-state index in [4.69, 9.17) is 10.8 Å². The molecule has 1 heterocycles. The van der Waals surface area contributed by atoms with Crippen molar-refractivity contribution >= 4 is 22.7 Å². The fraction of sp³-hybridized carbons (Fsp3) is 0.286. The lowest BCUT2D eigenvalue weighted by atomic mass is 10.1. The molecule has 1 unspecified atom stereocenters. The molecule has 0 aliphatic rings. The van der Waals surface area contributed by atoms with Crippen LogP contribution >= 0.6 is 11.3 Å². The molecule has 2 rings (SSSR count). The van der Waals surface area contributed by atoms with Crippen molar-refractivity contribution in [2.75, 3.05) is 24.2 Å². The van der Waals surface area contributed by atoms with Gasteiger partial charge >= 0.3 is 0 Å². The van der Waals surface area contributed by atoms with Gasteiger partial charge < -0.3 is 21.3 Å². The number of nitrogen functional groups attached to an aromatic ring is 1. The summed E-state index contributed by atoms with van der Waals surface area (Å²) in [6.07, 6.45) is -0.768. The van der Waals surface area contributed by atoms with E-state index in [0.29, 0.717) is 12.2 Å². The summed E-state index contributed by atoms with van der Waals surface area (Å²) in [5.74, 6) is 0. The van der Waals surface area contributed by atoms with Crippen LogP contribution in [0, 0.1) is 6.92 Å². The van der Waals surface area contributed by atoms with Gasteiger partial charge in [0.1, 0.15) is 0 Å². The second-order valence-electron chi connectivity index (χ2n) is 4.51. The number of anilines is 2. The van der Waals surface area contributed by atoms with Gasteiger partial charge in [-0.15, -0.1) is 11.3 Å². The summed E-state index contributed by atoms with van der Waals surface area (Å²) in [5.41, 5.74) is 9.68. The maximum absolute atomic E-state index is 9.40. The van der Waals surface area contributed by atoms with Crippen LogP contribution in [0.15, 0.2) is 29.6 Å². The Hall–Kier alpha value is -1.56. The molecule has 1 aromatic heterocycles. The van der Waals surface area contributed by atoms with E-state index < -0.39 is 6.10 Å². The van der Waals surface area contributed by atoms with E-state index in [1.54, 1.807) is 11.3 Å². The molecule has 0 spiro atoms. The fourth-order valence-electron chi connectivity index (χ4n) is 1.78. The third-order valence-corrected chi connectivity index (χ3v) is 3.86. The van der Waals surface area contributed by atoms with E-state index in [-0.39, 0.29) is 6.61 Å². The molecule has 0 radical (unpaired) electrons. The molecule has 1 atom stereocenters. The molecule has 2 aromatic rings. The molecule has 0 aliphatic carbocycles. The highest BCUT2D eigenvalue weighted by atomic mass is 32.1. The summed E-state index contributed by atoms with van der Waals surface area (Å²) in [6, 6.07) is 7.73. The Bertz CT molecular complexity index is 554. The van der Waals surface area contributed by atoms with Gasteiger partial charge in [-0.25, -0.2) is 0 Å². The number of rotatable bonds is 5. The Morgan fingerprint density at radius 3 is 2.79 bits per heavy atom. The van der Waals surface area contributed by atoms with E-state index in [9.17, 15) is 5.11 Å². The number of thiophene rings is 1. The van der Waals surface area contributed by atoms with Crippen molar-refractivity contribution in [3.05, 3.63) is 35.2 Å². The molecule has 0 saturated heterocycles. The van der Waals surface area contributed by atoms with Gasteiger partial charge in [-0.05, 0) is 42.1 Å². The van der Waals surface area contributed by atoms with Gasteiger partial charge in [0.2, 0.25) is 0 Å². The van der Waals surface area contributed by atoms with Crippen LogP contribution in [-0.2, 0) is 0 Å². The Kier molecular flexibility index (Phi) is 4.42. The maximum Gasteiger partial charge on any atom is 0.0942 e. The Morgan fingerprint density at radius 2 is 2.16 bits per heavy atom. The summed E-state index contributed by atoms with van der Waals surface area (Å²) in [7, 11) is 0. The first kappa shape index (κ1) is 13.9. The van der Waals surface area contributed by atoms with Crippen LogP contribution in [-0.4, -0.2) is 29.5 Å². The number of hydrogen-bond acceptors (Lipinski definition) is 5. The number of aryl methyl sites for hydroxylation is 1. The lowest BCUT2D eigenvalue weighted by molar-refractivity contribution is 0.105. The zero-order valence-corrected chi connectivity index (χ0v) is 11.6. The zero-order valence-electron chi connectivity index (χ0n) is 10.8. The normalized spacial score (nSPS) is 12.4. The maximum atomic E-state index is 9.40. The summed E-state index contributed by atoms with van der Waals surface area (Å²) in [4.78, 5) is 1.13. The van der Waals surface area contributed by atoms with Crippen LogP contribution in [0.2, 0.25) is 0 Å². The van der Waals surface area contributed by atoms with Crippen molar-refractivity contribution < 1.29 is 10.2 Å². The monoisotopic (exact) mass is 278 g/mol. The number of aliphatic hydroxyl groups is 2. The molecule has 5 heteroatoms. The first-order chi connectivity index (χ1) is 9.10. The quantitative estimate of drug-likeness (QED) is 0.631. The third-order valence-electron chi connectivity index (χ3n) is 2.78. The lowest BCUT2D eigenvalue weighted by Gasteiger charge is -2.14. The number of aliphatic hydroxyl groups excluding tert-OH is 2. The molecule has 4 nitrogen and oxygen atoms in total. The number of nitrogens with two attached hydrogens (primary N) is 1. The van der Waals surface area contributed by atoms with Crippen molar-refractivity contribution in [3.63, 3.8) is 0 Å². The van der Waals surface area contributed by atoms with Crippen LogP contribution in [0.1, 0.15) is 5.56 Å². The van der Waals surface area contributed by atoms with E-state index in [0.717, 1.165) is 16.1 Å². The summed E-state index contributed by atoms with van der Waals surface area (Å²) in [5, 5.41) is 23.5. The molecular formula is C14H18N2O2S. The van der Waals surface area contributed by atoms with Gasteiger partial charge in [-0.1, -0.05) is 0 Å². The molecule has 102 valence electrons. The minimum Gasteiger partial charge on any atom is -0.399 e. The van der Waals surface area contributed by atoms with Crippen LogP contribution in [0.5, 0.6) is 0 Å². The summed E-state index contributed by atoms with van der Waals surface area (Å²) < 4.78 is 0. The smallest absolute Gasteiger partial charge is 0.0942 e. The van der Waals surface area contributed by atoms with E-state index in [2.05, 4.69) is 23.7 Å². The van der Waals surface area contributed by atoms with Crippen molar-refractivity contribution in [1.82, 2.24) is 0 Å². The van der Waals surface area contributed by atoms with Crippen LogP contribution in [0.4, 0.5) is 11.4 Å². The molecule has 5 N–H and O–H groups in total. The van der Waals surface area contributed by atoms with Crippen LogP contribution < -0.4 is 11.1 Å². The molecule has 19 heavy (non-hydrogen) atoms. The van der Waals surface area contributed by atoms with E-state index in [1.165, 1.54) is 5.56 Å². The first-order valence-electron chi connectivity index (χ1n) is 6.08. The van der Waals surface area contributed by atoms with Gasteiger partial charge in [0.05, 0.1) is 12.7 Å². The van der Waals surface area contributed by atoms with E-state index >= 15 is 0 Å². The van der Waals surface area contributed by atoms with Crippen LogP contribution in [0.3, 0.4) is 0 Å². The Balaban J connectivity index is 2.28. The number of hydrogen-bond donors (Lipinski definition) is 4. The molecular weight excluding hydrogens is 260 g/mol. The highest BCUT2D eigenvalue weighted by molar-refractivity contribution is 7.13. The molecule has 1 aromatic carbocycles. The Morgan fingerprint density at radius 1 is 1.37 bits per heavy atom. The number of nitrogens with one attached hydrogen (secondary N) is 1. The topological polar surface area (TPSA) is 78.5 Å². The van der Waals surface area contributed by atoms with Gasteiger partial charge in [0, 0.05) is 28.4 Å². The van der Waals surface area contributed by atoms with Crippen LogP contribution in [0.25, 0.3) is 10.4 Å². The highest BCUT2D eigenvalue weighted by Gasteiger charge is 2.09. The predicted octanol–water partition coefficient (Wildman–Crippen LogP) is 2.07. The second kappa shape index (κ2) is 6.06. The minimum atomic E-state index is -0.768. The molecule has 0 aliphatic heterocycles. The van der Waals surface area contributed by atoms with E-state index in [1.807, 2.05) is 18.2 Å². The van der Waals surface area contributed by atoms with Crippen molar-refractivity contribution in [2.45, 2.75) is 13.0 Å². The standard InChI is InChI=1S/C14H18N2O2S/c1-9-4-14(19-8-9)12-5-10(15)2-3-13(12)16-6-11(18)7-17/h2-5,8,11,16-18H,6-7,15H2,1H3. The fourth-order valence-corrected chi connectivity index (χ4v) is 2.72. The van der Waals surface area contributed by atoms with Gasteiger partial charge in [-0.2, -0.15) is 0 Å². The van der Waals surface area contributed by atoms with Gasteiger partial charge in [0.15, 0.2) is 0 Å². The SMILES string of the molecule is Cc1csc(-c2cc(N)ccc2NCC(O)CO)c1. The average Bonchev–Trinajstić information content (AvgIpc) is 2.83.